The molecule has 0 saturated heterocycles. The number of aromatic nitrogens is 6. The van der Waals surface area contributed by atoms with E-state index in [4.69, 9.17) is 9.26 Å². The first-order chi connectivity index (χ1) is 14.8. The topological polar surface area (TPSA) is 129 Å². The van der Waals surface area contributed by atoms with E-state index in [1.165, 1.54) is 10.7 Å². The van der Waals surface area contributed by atoms with Gasteiger partial charge >= 0.3 is 0 Å². The molecule has 0 bridgehead atoms. The number of hydrogen-bond donors (Lipinski definition) is 1. The molecular formula is C20H14N6O4. The lowest BCUT2D eigenvalue weighted by atomic mass is 10.2. The average Bonchev–Trinajstić information content (AvgIpc) is 3.44. The minimum absolute atomic E-state index is 0.164. The Kier molecular flexibility index (Phi) is 4.37. The highest BCUT2D eigenvalue weighted by atomic mass is 16.5. The maximum Gasteiger partial charge on any atom is 0.240 e. The molecule has 0 radical (unpaired) electrons. The van der Waals surface area contributed by atoms with Crippen molar-refractivity contribution in [2.45, 2.75) is 13.2 Å². The fourth-order valence-electron chi connectivity index (χ4n) is 3.04. The van der Waals surface area contributed by atoms with Crippen LogP contribution in [0.25, 0.3) is 27.9 Å². The van der Waals surface area contributed by atoms with Gasteiger partial charge in [-0.2, -0.15) is 4.52 Å². The van der Waals surface area contributed by atoms with E-state index >= 15 is 0 Å². The zero-order chi connectivity index (χ0) is 20.5. The predicted molar refractivity (Wildman–Crippen MR) is 104 cm³/mol. The number of carbonyl (C=O) groups is 1. The summed E-state index contributed by atoms with van der Waals surface area (Å²) in [6.45, 7) is -0.109. The zero-order valence-corrected chi connectivity index (χ0v) is 15.5. The third kappa shape index (κ3) is 3.05. The van der Waals surface area contributed by atoms with Gasteiger partial charge in [-0.25, -0.2) is 0 Å². The Labute approximate surface area is 168 Å². The molecule has 0 amide bonds. The fraction of sp³-hybridized carbons (Fsp3) is 0.100. The Morgan fingerprint density at radius 2 is 2.00 bits per heavy atom. The van der Waals surface area contributed by atoms with Crippen LogP contribution in [0, 0.1) is 0 Å². The van der Waals surface area contributed by atoms with Gasteiger partial charge in [0.25, 0.3) is 0 Å². The molecule has 5 aromatic rings. The molecule has 0 aliphatic heterocycles. The Hall–Kier alpha value is -4.18. The van der Waals surface area contributed by atoms with E-state index in [1.54, 1.807) is 18.2 Å². The molecule has 5 rings (SSSR count). The molecule has 10 heteroatoms. The van der Waals surface area contributed by atoms with E-state index in [-0.39, 0.29) is 13.2 Å². The van der Waals surface area contributed by atoms with Crippen molar-refractivity contribution in [2.75, 3.05) is 0 Å². The van der Waals surface area contributed by atoms with Crippen molar-refractivity contribution in [3.8, 4) is 17.4 Å². The van der Waals surface area contributed by atoms with Crippen LogP contribution in [0.3, 0.4) is 0 Å². The van der Waals surface area contributed by atoms with E-state index in [9.17, 15) is 9.90 Å². The first-order valence-electron chi connectivity index (χ1n) is 9.00. The molecule has 0 aliphatic rings. The van der Waals surface area contributed by atoms with Crippen molar-refractivity contribution in [1.82, 2.24) is 30.0 Å². The standard InChI is InChI=1S/C20H14N6O4/c27-9-12-5-6-13(21-8-12)11-29-20-16-4-2-1-3-15(16)18-22-23-19(26(18)24-20)17-7-14(10-28)30-25-17/h1-9,28H,10-11H2. The molecule has 0 aliphatic carbocycles. The number of hydrogen-bond acceptors (Lipinski definition) is 9. The minimum atomic E-state index is -0.273. The number of benzene rings is 1. The molecule has 4 aromatic heterocycles. The lowest BCUT2D eigenvalue weighted by Crippen LogP contribution is -2.04. The Morgan fingerprint density at radius 3 is 2.73 bits per heavy atom. The number of fused-ring (bicyclic) bond motifs is 3. The van der Waals surface area contributed by atoms with Crippen LogP contribution >= 0.6 is 0 Å². The second-order valence-electron chi connectivity index (χ2n) is 6.44. The van der Waals surface area contributed by atoms with Crippen molar-refractivity contribution in [2.24, 2.45) is 0 Å². The SMILES string of the molecule is O=Cc1ccc(COc2nn3c(-c4cc(CO)on4)nnc3c3ccccc23)nc1. The van der Waals surface area contributed by atoms with E-state index in [0.717, 1.165) is 17.1 Å². The van der Waals surface area contributed by atoms with Gasteiger partial charge in [-0.05, 0) is 18.2 Å². The quantitative estimate of drug-likeness (QED) is 0.425. The summed E-state index contributed by atoms with van der Waals surface area (Å²) < 4.78 is 12.5. The number of aliphatic hydroxyl groups is 1. The summed E-state index contributed by atoms with van der Waals surface area (Å²) in [5, 5.41) is 27.7. The number of carbonyl (C=O) groups excluding carboxylic acids is 1. The predicted octanol–water partition coefficient (Wildman–Crippen LogP) is 2.21. The van der Waals surface area contributed by atoms with Crippen LogP contribution in [0.5, 0.6) is 5.88 Å². The number of aldehydes is 1. The minimum Gasteiger partial charge on any atom is -0.470 e. The summed E-state index contributed by atoms with van der Waals surface area (Å²) >= 11 is 0. The number of rotatable bonds is 6. The van der Waals surface area contributed by atoms with E-state index in [2.05, 4.69) is 25.4 Å². The zero-order valence-electron chi connectivity index (χ0n) is 15.5. The van der Waals surface area contributed by atoms with Gasteiger partial charge < -0.3 is 14.4 Å². The van der Waals surface area contributed by atoms with Crippen LogP contribution in [0.1, 0.15) is 21.8 Å². The Balaban J connectivity index is 1.58. The van der Waals surface area contributed by atoms with Crippen LogP contribution < -0.4 is 4.74 Å². The van der Waals surface area contributed by atoms with Gasteiger partial charge in [0.15, 0.2) is 23.4 Å². The highest BCUT2D eigenvalue weighted by molar-refractivity contribution is 5.96. The molecule has 10 nitrogen and oxygen atoms in total. The summed E-state index contributed by atoms with van der Waals surface area (Å²) in [7, 11) is 0. The summed E-state index contributed by atoms with van der Waals surface area (Å²) in [5.74, 6) is 1.03. The van der Waals surface area contributed by atoms with Crippen LogP contribution in [0.2, 0.25) is 0 Å². The molecule has 4 heterocycles. The molecule has 0 fully saturated rings. The van der Waals surface area contributed by atoms with Gasteiger partial charge in [0, 0.05) is 28.6 Å². The first kappa shape index (κ1) is 17.9. The summed E-state index contributed by atoms with van der Waals surface area (Å²) in [5.41, 5.74) is 2.08. The maximum absolute atomic E-state index is 10.8. The lowest BCUT2D eigenvalue weighted by molar-refractivity contribution is 0.112. The summed E-state index contributed by atoms with van der Waals surface area (Å²) in [6, 6.07) is 12.5. The van der Waals surface area contributed by atoms with E-state index < -0.39 is 0 Å². The first-order valence-corrected chi connectivity index (χ1v) is 9.00. The number of pyridine rings is 1. The maximum atomic E-state index is 10.8. The van der Waals surface area contributed by atoms with Crippen molar-refractivity contribution < 1.29 is 19.2 Å². The molecule has 1 N–H and O–H groups in total. The number of nitrogens with zero attached hydrogens (tertiary/aromatic N) is 6. The molecular weight excluding hydrogens is 388 g/mol. The molecule has 0 unspecified atom stereocenters. The van der Waals surface area contributed by atoms with E-state index in [1.807, 2.05) is 24.3 Å². The van der Waals surface area contributed by atoms with Crippen LogP contribution in [0.4, 0.5) is 0 Å². The monoisotopic (exact) mass is 402 g/mol. The van der Waals surface area contributed by atoms with Crippen molar-refractivity contribution in [1.29, 1.82) is 0 Å². The van der Waals surface area contributed by atoms with Crippen LogP contribution in [-0.2, 0) is 13.2 Å². The van der Waals surface area contributed by atoms with Gasteiger partial charge in [-0.3, -0.25) is 9.78 Å². The van der Waals surface area contributed by atoms with Crippen LogP contribution in [0.15, 0.2) is 53.2 Å². The smallest absolute Gasteiger partial charge is 0.240 e. The molecule has 148 valence electrons. The van der Waals surface area contributed by atoms with Crippen molar-refractivity contribution >= 4 is 22.7 Å². The van der Waals surface area contributed by atoms with Gasteiger partial charge in [0.1, 0.15) is 13.2 Å². The summed E-state index contributed by atoms with van der Waals surface area (Å²) in [6.07, 6.45) is 2.22. The highest BCUT2D eigenvalue weighted by Crippen LogP contribution is 2.29. The Bertz CT molecular complexity index is 1360. The normalized spacial score (nSPS) is 11.2. The third-order valence-electron chi connectivity index (χ3n) is 4.51. The molecule has 0 spiro atoms. The fourth-order valence-corrected chi connectivity index (χ4v) is 3.04. The van der Waals surface area contributed by atoms with Gasteiger partial charge in [-0.1, -0.05) is 23.4 Å². The average molecular weight is 402 g/mol. The van der Waals surface area contributed by atoms with Gasteiger partial charge in [-0.15, -0.1) is 15.3 Å². The molecule has 0 saturated carbocycles. The van der Waals surface area contributed by atoms with Crippen LogP contribution in [-0.4, -0.2) is 41.3 Å². The van der Waals surface area contributed by atoms with Gasteiger partial charge in [0.2, 0.25) is 11.7 Å². The van der Waals surface area contributed by atoms with Gasteiger partial charge in [0.05, 0.1) is 5.69 Å². The number of ether oxygens (including phenoxy) is 1. The second-order valence-corrected chi connectivity index (χ2v) is 6.44. The lowest BCUT2D eigenvalue weighted by Gasteiger charge is -2.09. The van der Waals surface area contributed by atoms with Crippen molar-refractivity contribution in [3.05, 3.63) is 65.7 Å². The number of aliphatic hydroxyl groups excluding tert-OH is 1. The highest BCUT2D eigenvalue weighted by Gasteiger charge is 2.18. The second kappa shape index (κ2) is 7.33. The van der Waals surface area contributed by atoms with E-state index in [0.29, 0.717) is 40.1 Å². The third-order valence-corrected chi connectivity index (χ3v) is 4.51. The Morgan fingerprint density at radius 1 is 1.13 bits per heavy atom. The molecule has 1 aromatic carbocycles. The molecule has 0 atom stereocenters. The largest absolute Gasteiger partial charge is 0.470 e. The van der Waals surface area contributed by atoms with Crippen molar-refractivity contribution in [3.63, 3.8) is 0 Å². The summed E-state index contributed by atoms with van der Waals surface area (Å²) in [4.78, 5) is 15.0. The molecule has 30 heavy (non-hydrogen) atoms.